The summed E-state index contributed by atoms with van der Waals surface area (Å²) in [5.41, 5.74) is 2.08. The third kappa shape index (κ3) is 1.98. The van der Waals surface area contributed by atoms with Gasteiger partial charge in [0.2, 0.25) is 0 Å². The highest BCUT2D eigenvalue weighted by atomic mass is 16.3. The maximum Gasteiger partial charge on any atom is 0.251 e. The summed E-state index contributed by atoms with van der Waals surface area (Å²) in [6.07, 6.45) is 3.80. The summed E-state index contributed by atoms with van der Waals surface area (Å²) in [5, 5.41) is 3.18. The largest absolute Gasteiger partial charge is 0.443 e. The maximum atomic E-state index is 12.4. The minimum absolute atomic E-state index is 0.0120. The molecule has 104 valence electrons. The van der Waals surface area contributed by atoms with E-state index in [4.69, 9.17) is 4.42 Å². The highest BCUT2D eigenvalue weighted by molar-refractivity contribution is 5.97. The smallest absolute Gasteiger partial charge is 0.251 e. The van der Waals surface area contributed by atoms with Crippen LogP contribution >= 0.6 is 0 Å². The van der Waals surface area contributed by atoms with Crippen LogP contribution in [0.1, 0.15) is 23.2 Å². The number of hydrogen-bond donors (Lipinski definition) is 1. The molecule has 0 radical (unpaired) electrons. The molecule has 20 heavy (non-hydrogen) atoms. The van der Waals surface area contributed by atoms with Crippen molar-refractivity contribution in [2.45, 2.75) is 18.9 Å². The van der Waals surface area contributed by atoms with Gasteiger partial charge in [0.1, 0.15) is 5.52 Å². The molecule has 1 N–H and O–H groups in total. The predicted octanol–water partition coefficient (Wildman–Crippen LogP) is 1.65. The van der Waals surface area contributed by atoms with Crippen LogP contribution in [0.5, 0.6) is 0 Å². The lowest BCUT2D eigenvalue weighted by Crippen LogP contribution is -2.57. The number of carbonyl (C=O) groups excluding carboxylic acids is 1. The molecule has 0 aliphatic carbocycles. The Labute approximate surface area is 117 Å². The Morgan fingerprint density at radius 1 is 1.35 bits per heavy atom. The minimum Gasteiger partial charge on any atom is -0.443 e. The molecule has 5 rings (SSSR count). The molecule has 0 spiro atoms. The topological polar surface area (TPSA) is 58.4 Å². The standard InChI is InChI=1S/C15H17N3O2/c19-15(11-1-2-12-14(7-11)20-9-16-12)17-13-8-18-5-3-10(13)4-6-18/h1-2,7,9-10,13H,3-6,8H2,(H,17,19)/t13-/m1/s1. The van der Waals surface area contributed by atoms with Gasteiger partial charge in [-0.15, -0.1) is 0 Å². The van der Waals surface area contributed by atoms with Crippen molar-refractivity contribution in [2.75, 3.05) is 19.6 Å². The van der Waals surface area contributed by atoms with E-state index in [1.165, 1.54) is 32.3 Å². The third-order valence-corrected chi connectivity index (χ3v) is 4.57. The Morgan fingerprint density at radius 2 is 2.20 bits per heavy atom. The van der Waals surface area contributed by atoms with Crippen LogP contribution in [0, 0.1) is 5.92 Å². The number of hydrogen-bond acceptors (Lipinski definition) is 4. The molecule has 1 atom stereocenters. The SMILES string of the molecule is O=C(N[C@@H]1CN2CCC1CC2)c1ccc2ncoc2c1. The van der Waals surface area contributed by atoms with E-state index in [0.717, 1.165) is 12.1 Å². The average molecular weight is 271 g/mol. The minimum atomic E-state index is -0.0120. The van der Waals surface area contributed by atoms with Crippen molar-refractivity contribution in [3.63, 3.8) is 0 Å². The van der Waals surface area contributed by atoms with Gasteiger partial charge in [0, 0.05) is 18.2 Å². The van der Waals surface area contributed by atoms with Gasteiger partial charge >= 0.3 is 0 Å². The first-order valence-electron chi connectivity index (χ1n) is 7.16. The molecule has 5 nitrogen and oxygen atoms in total. The highest BCUT2D eigenvalue weighted by Gasteiger charge is 2.34. The van der Waals surface area contributed by atoms with Crippen LogP contribution in [0.3, 0.4) is 0 Å². The fraction of sp³-hybridized carbons (Fsp3) is 0.467. The highest BCUT2D eigenvalue weighted by Crippen LogP contribution is 2.27. The number of oxazole rings is 1. The first kappa shape index (κ1) is 11.9. The van der Waals surface area contributed by atoms with E-state index >= 15 is 0 Å². The number of amides is 1. The number of nitrogens with one attached hydrogen (secondary N) is 1. The Bertz CT molecular complexity index is 643. The third-order valence-electron chi connectivity index (χ3n) is 4.57. The summed E-state index contributed by atoms with van der Waals surface area (Å²) in [5.74, 6) is 0.625. The number of nitrogens with zero attached hydrogens (tertiary/aromatic N) is 2. The molecule has 3 aliphatic heterocycles. The summed E-state index contributed by atoms with van der Waals surface area (Å²) >= 11 is 0. The van der Waals surface area contributed by atoms with Gasteiger partial charge in [0.05, 0.1) is 0 Å². The second kappa shape index (κ2) is 4.59. The molecule has 3 fully saturated rings. The molecule has 1 aromatic carbocycles. The Kier molecular flexibility index (Phi) is 2.73. The molecular weight excluding hydrogens is 254 g/mol. The quantitative estimate of drug-likeness (QED) is 0.902. The zero-order valence-electron chi connectivity index (χ0n) is 11.2. The molecular formula is C15H17N3O2. The maximum absolute atomic E-state index is 12.4. The fourth-order valence-corrected chi connectivity index (χ4v) is 3.38. The predicted molar refractivity (Wildman–Crippen MR) is 74.4 cm³/mol. The number of benzene rings is 1. The van der Waals surface area contributed by atoms with Gasteiger partial charge in [-0.25, -0.2) is 4.98 Å². The monoisotopic (exact) mass is 271 g/mol. The van der Waals surface area contributed by atoms with Crippen LogP contribution in [0.25, 0.3) is 11.1 Å². The van der Waals surface area contributed by atoms with E-state index in [1.807, 2.05) is 12.1 Å². The van der Waals surface area contributed by atoms with Crippen LogP contribution in [-0.2, 0) is 0 Å². The van der Waals surface area contributed by atoms with Crippen molar-refractivity contribution >= 4 is 17.0 Å². The van der Waals surface area contributed by atoms with Gasteiger partial charge in [-0.2, -0.15) is 0 Å². The van der Waals surface area contributed by atoms with Gasteiger partial charge < -0.3 is 14.6 Å². The summed E-state index contributed by atoms with van der Waals surface area (Å²) in [6, 6.07) is 5.68. The zero-order valence-corrected chi connectivity index (χ0v) is 11.2. The average Bonchev–Trinajstić information content (AvgIpc) is 2.96. The second-order valence-corrected chi connectivity index (χ2v) is 5.75. The van der Waals surface area contributed by atoms with Gasteiger partial charge in [0.25, 0.3) is 5.91 Å². The van der Waals surface area contributed by atoms with Gasteiger partial charge in [0.15, 0.2) is 12.0 Å². The van der Waals surface area contributed by atoms with Crippen LogP contribution in [0.4, 0.5) is 0 Å². The number of piperidine rings is 3. The number of fused-ring (bicyclic) bond motifs is 4. The van der Waals surface area contributed by atoms with Crippen LogP contribution < -0.4 is 5.32 Å². The molecule has 4 heterocycles. The Hall–Kier alpha value is -1.88. The van der Waals surface area contributed by atoms with Crippen molar-refractivity contribution in [3.8, 4) is 0 Å². The Morgan fingerprint density at radius 3 is 2.95 bits per heavy atom. The van der Waals surface area contributed by atoms with E-state index < -0.39 is 0 Å². The lowest BCUT2D eigenvalue weighted by atomic mass is 9.84. The number of carbonyl (C=O) groups is 1. The molecule has 5 heteroatoms. The van der Waals surface area contributed by atoms with E-state index in [1.54, 1.807) is 6.07 Å². The first-order valence-corrected chi connectivity index (χ1v) is 7.16. The Balaban J connectivity index is 1.52. The van der Waals surface area contributed by atoms with Gasteiger partial charge in [-0.1, -0.05) is 0 Å². The lowest BCUT2D eigenvalue weighted by Gasteiger charge is -2.44. The lowest BCUT2D eigenvalue weighted by molar-refractivity contribution is 0.0620. The molecule has 2 bridgehead atoms. The van der Waals surface area contributed by atoms with Gasteiger partial charge in [-0.3, -0.25) is 4.79 Å². The van der Waals surface area contributed by atoms with Gasteiger partial charge in [-0.05, 0) is 50.0 Å². The molecule has 0 saturated carbocycles. The molecule has 3 saturated heterocycles. The zero-order chi connectivity index (χ0) is 13.5. The summed E-state index contributed by atoms with van der Waals surface area (Å²) in [6.45, 7) is 3.35. The summed E-state index contributed by atoms with van der Waals surface area (Å²) < 4.78 is 5.25. The number of rotatable bonds is 2. The fourth-order valence-electron chi connectivity index (χ4n) is 3.38. The summed E-state index contributed by atoms with van der Waals surface area (Å²) in [7, 11) is 0. The van der Waals surface area contributed by atoms with Crippen LogP contribution in [-0.4, -0.2) is 41.5 Å². The molecule has 0 unspecified atom stereocenters. The molecule has 1 aromatic heterocycles. The number of aromatic nitrogens is 1. The normalized spacial score (nSPS) is 28.7. The van der Waals surface area contributed by atoms with E-state index in [0.29, 0.717) is 17.1 Å². The molecule has 2 aromatic rings. The van der Waals surface area contributed by atoms with E-state index in [9.17, 15) is 4.79 Å². The van der Waals surface area contributed by atoms with Crippen LogP contribution in [0.2, 0.25) is 0 Å². The van der Waals surface area contributed by atoms with Crippen molar-refractivity contribution in [1.29, 1.82) is 0 Å². The molecule has 3 aliphatic rings. The van der Waals surface area contributed by atoms with Crippen LogP contribution in [0.15, 0.2) is 29.0 Å². The summed E-state index contributed by atoms with van der Waals surface area (Å²) in [4.78, 5) is 18.9. The van der Waals surface area contributed by atoms with Crippen molar-refractivity contribution < 1.29 is 9.21 Å². The van der Waals surface area contributed by atoms with E-state index in [-0.39, 0.29) is 11.9 Å². The van der Waals surface area contributed by atoms with E-state index in [2.05, 4.69) is 15.2 Å². The molecule has 1 amide bonds. The van der Waals surface area contributed by atoms with Crippen molar-refractivity contribution in [2.24, 2.45) is 5.92 Å². The van der Waals surface area contributed by atoms with Crippen molar-refractivity contribution in [1.82, 2.24) is 15.2 Å². The first-order chi connectivity index (χ1) is 9.79. The van der Waals surface area contributed by atoms with Crippen molar-refractivity contribution in [3.05, 3.63) is 30.2 Å². The second-order valence-electron chi connectivity index (χ2n) is 5.75.